The Balaban J connectivity index is 1.53. The molecule has 42 heavy (non-hydrogen) atoms. The molecule has 2 heterocycles. The Morgan fingerprint density at radius 3 is 1.81 bits per heavy atom. The molecule has 0 saturated heterocycles. The first-order chi connectivity index (χ1) is 19.7. The lowest BCUT2D eigenvalue weighted by molar-refractivity contribution is 0.125. The van der Waals surface area contributed by atoms with Gasteiger partial charge in [0.05, 0.1) is 11.0 Å². The molecule has 3 nitrogen and oxygen atoms in total. The Bertz CT molecular complexity index is 1930. The first-order valence-corrected chi connectivity index (χ1v) is 15.4. The van der Waals surface area contributed by atoms with E-state index < -0.39 is 5.66 Å². The third-order valence-electron chi connectivity index (χ3n) is 12.0. The number of hydrogen-bond donors (Lipinski definition) is 1. The maximum absolute atomic E-state index is 5.51. The predicted molar refractivity (Wildman–Crippen MR) is 175 cm³/mol. The highest BCUT2D eigenvalue weighted by molar-refractivity contribution is 5.94. The van der Waals surface area contributed by atoms with Crippen molar-refractivity contribution in [3.63, 3.8) is 0 Å². The molecule has 1 N–H and O–H groups in total. The van der Waals surface area contributed by atoms with E-state index in [1.54, 1.807) is 0 Å². The molecule has 1 spiro atoms. The molecule has 4 aromatic carbocycles. The fraction of sp³-hybridized carbons (Fsp3) is 0.359. The van der Waals surface area contributed by atoms with Gasteiger partial charge >= 0.3 is 0 Å². The Hall–Kier alpha value is -3.85. The van der Waals surface area contributed by atoms with E-state index in [-0.39, 0.29) is 21.7 Å². The molecular weight excluding hydrogens is 510 g/mol. The summed E-state index contributed by atoms with van der Waals surface area (Å²) in [5.41, 5.74) is 13.4. The van der Waals surface area contributed by atoms with Gasteiger partial charge in [-0.15, -0.1) is 0 Å². The van der Waals surface area contributed by atoms with Crippen molar-refractivity contribution in [3.05, 3.63) is 107 Å². The molecule has 1 aromatic heterocycles. The van der Waals surface area contributed by atoms with Gasteiger partial charge in [0.25, 0.3) is 0 Å². The molecule has 3 heteroatoms. The highest BCUT2D eigenvalue weighted by atomic mass is 15.3. The van der Waals surface area contributed by atoms with Crippen LogP contribution >= 0.6 is 0 Å². The van der Waals surface area contributed by atoms with Crippen molar-refractivity contribution in [2.45, 2.75) is 84.2 Å². The summed E-state index contributed by atoms with van der Waals surface area (Å²) in [4.78, 5) is 5.51. The van der Waals surface area contributed by atoms with Crippen LogP contribution in [0.2, 0.25) is 0 Å². The third kappa shape index (κ3) is 2.81. The summed E-state index contributed by atoms with van der Waals surface area (Å²) in [7, 11) is 0. The summed E-state index contributed by atoms with van der Waals surface area (Å²) >= 11 is 0. The molecule has 3 aliphatic rings. The molecule has 8 rings (SSSR count). The second kappa shape index (κ2) is 7.56. The molecule has 0 unspecified atom stereocenters. The van der Waals surface area contributed by atoms with Crippen LogP contribution in [0.3, 0.4) is 0 Å². The summed E-state index contributed by atoms with van der Waals surface area (Å²) in [6.45, 7) is 21.4. The summed E-state index contributed by atoms with van der Waals surface area (Å²) in [5.74, 6) is 1.03. The van der Waals surface area contributed by atoms with E-state index >= 15 is 0 Å². The Kier molecular flexibility index (Phi) is 4.65. The van der Waals surface area contributed by atoms with Gasteiger partial charge in [0.1, 0.15) is 5.82 Å². The van der Waals surface area contributed by atoms with Gasteiger partial charge in [-0.2, -0.15) is 0 Å². The van der Waals surface area contributed by atoms with Crippen LogP contribution in [0, 0.1) is 5.41 Å². The van der Waals surface area contributed by atoms with Crippen molar-refractivity contribution >= 4 is 16.7 Å². The van der Waals surface area contributed by atoms with Crippen molar-refractivity contribution in [2.24, 2.45) is 5.41 Å². The summed E-state index contributed by atoms with van der Waals surface area (Å²) in [6, 6.07) is 29.7. The smallest absolute Gasteiger partial charge is 0.170 e. The van der Waals surface area contributed by atoms with Gasteiger partial charge in [-0.3, -0.25) is 4.57 Å². The third-order valence-corrected chi connectivity index (χ3v) is 12.0. The molecule has 2 aliphatic carbocycles. The molecule has 0 saturated carbocycles. The van der Waals surface area contributed by atoms with E-state index in [1.807, 2.05) is 0 Å². The van der Waals surface area contributed by atoms with Gasteiger partial charge in [0, 0.05) is 22.4 Å². The highest BCUT2D eigenvalue weighted by Crippen LogP contribution is 2.63. The number of benzene rings is 4. The molecule has 1 aliphatic heterocycles. The lowest BCUT2D eigenvalue weighted by Crippen LogP contribution is -2.45. The zero-order valence-electron chi connectivity index (χ0n) is 26.4. The Labute approximate surface area is 250 Å². The van der Waals surface area contributed by atoms with Crippen molar-refractivity contribution in [1.82, 2.24) is 9.55 Å². The van der Waals surface area contributed by atoms with Crippen LogP contribution in [0.5, 0.6) is 0 Å². The lowest BCUT2D eigenvalue weighted by atomic mass is 9.59. The van der Waals surface area contributed by atoms with E-state index in [9.17, 15) is 0 Å². The second-order valence-corrected chi connectivity index (χ2v) is 15.5. The molecule has 0 radical (unpaired) electrons. The molecule has 0 atom stereocenters. The van der Waals surface area contributed by atoms with Crippen molar-refractivity contribution in [2.75, 3.05) is 5.32 Å². The fourth-order valence-corrected chi connectivity index (χ4v) is 8.28. The second-order valence-electron chi connectivity index (χ2n) is 15.5. The zero-order chi connectivity index (χ0) is 29.6. The Morgan fingerprint density at radius 1 is 0.643 bits per heavy atom. The van der Waals surface area contributed by atoms with Crippen LogP contribution in [0.4, 0.5) is 5.69 Å². The highest BCUT2D eigenvalue weighted by Gasteiger charge is 2.57. The van der Waals surface area contributed by atoms with Crippen LogP contribution in [-0.4, -0.2) is 9.55 Å². The first kappa shape index (κ1) is 25.8. The SMILES string of the molecule is CC(C)(C)c1ccc2c(c1)NC1(c3ccccc3-c3ccccc31)n1c-2nc2cc3c(cc21)C(C)(C)C(C)(C)C3(C)C. The average molecular weight is 552 g/mol. The summed E-state index contributed by atoms with van der Waals surface area (Å²) in [6.07, 6.45) is 0. The minimum atomic E-state index is -0.608. The summed E-state index contributed by atoms with van der Waals surface area (Å²) in [5, 5.41) is 4.18. The van der Waals surface area contributed by atoms with Crippen LogP contribution in [0.25, 0.3) is 33.5 Å². The van der Waals surface area contributed by atoms with E-state index in [4.69, 9.17) is 4.98 Å². The van der Waals surface area contributed by atoms with Gasteiger partial charge in [-0.25, -0.2) is 4.98 Å². The predicted octanol–water partition coefficient (Wildman–Crippen LogP) is 9.75. The fourth-order valence-electron chi connectivity index (χ4n) is 8.28. The van der Waals surface area contributed by atoms with Gasteiger partial charge in [0.2, 0.25) is 0 Å². The largest absolute Gasteiger partial charge is 0.354 e. The number of rotatable bonds is 0. The van der Waals surface area contributed by atoms with Crippen LogP contribution < -0.4 is 5.32 Å². The molecule has 212 valence electrons. The first-order valence-electron chi connectivity index (χ1n) is 15.4. The van der Waals surface area contributed by atoms with Crippen LogP contribution in [0.1, 0.15) is 90.1 Å². The monoisotopic (exact) mass is 551 g/mol. The van der Waals surface area contributed by atoms with E-state index in [0.717, 1.165) is 22.6 Å². The number of imidazole rings is 1. The molecular formula is C39H41N3. The Morgan fingerprint density at radius 2 is 1.21 bits per heavy atom. The number of hydrogen-bond acceptors (Lipinski definition) is 2. The molecule has 0 bridgehead atoms. The molecule has 0 fully saturated rings. The van der Waals surface area contributed by atoms with Gasteiger partial charge in [-0.05, 0) is 73.7 Å². The van der Waals surface area contributed by atoms with Gasteiger partial charge in [-0.1, -0.05) is 117 Å². The van der Waals surface area contributed by atoms with Crippen LogP contribution in [-0.2, 0) is 21.9 Å². The zero-order valence-corrected chi connectivity index (χ0v) is 26.4. The lowest BCUT2D eigenvalue weighted by Gasteiger charge is -2.44. The van der Waals surface area contributed by atoms with Crippen molar-refractivity contribution < 1.29 is 0 Å². The standard InChI is InChI=1S/C39H41N3/c1-35(2,3)23-18-19-26-31(20-23)41-39(27-16-12-10-14-24(27)25-15-11-13-17-28(25)39)42-33-22-30-29(21-32(33)40-34(26)42)36(4,5)38(8,9)37(30,6)7/h10-22,41H,1-9H3. The number of nitrogens with one attached hydrogen (secondary N) is 1. The van der Waals surface area contributed by atoms with E-state index in [1.165, 1.54) is 44.5 Å². The van der Waals surface area contributed by atoms with Gasteiger partial charge < -0.3 is 5.32 Å². The van der Waals surface area contributed by atoms with E-state index in [2.05, 4.69) is 151 Å². The normalized spacial score (nSPS) is 19.5. The summed E-state index contributed by atoms with van der Waals surface area (Å²) < 4.78 is 2.53. The van der Waals surface area contributed by atoms with Crippen molar-refractivity contribution in [3.8, 4) is 22.5 Å². The van der Waals surface area contributed by atoms with Crippen LogP contribution in [0.15, 0.2) is 78.9 Å². The maximum atomic E-state index is 5.51. The number of nitrogens with zero attached hydrogens (tertiary/aromatic N) is 2. The maximum Gasteiger partial charge on any atom is 0.170 e. The van der Waals surface area contributed by atoms with Crippen molar-refractivity contribution in [1.29, 1.82) is 0 Å². The van der Waals surface area contributed by atoms with Gasteiger partial charge in [0.15, 0.2) is 5.66 Å². The quantitative estimate of drug-likeness (QED) is 0.208. The molecule has 0 amide bonds. The number of aromatic nitrogens is 2. The molecule has 5 aromatic rings. The topological polar surface area (TPSA) is 29.9 Å². The minimum Gasteiger partial charge on any atom is -0.354 e. The number of anilines is 1. The average Bonchev–Trinajstić information content (AvgIpc) is 3.49. The minimum absolute atomic E-state index is 0.00496. The number of fused-ring (bicyclic) bond motifs is 12. The van der Waals surface area contributed by atoms with E-state index in [0.29, 0.717) is 0 Å².